The number of piperazine rings is 1. The molecule has 1 saturated heterocycles. The molecule has 2 aromatic carbocycles. The van der Waals surface area contributed by atoms with E-state index in [1.807, 2.05) is 29.2 Å². The fraction of sp³-hybridized carbons (Fsp3) is 0.333. The van der Waals surface area contributed by atoms with Crippen molar-refractivity contribution in [1.29, 1.82) is 0 Å². The largest absolute Gasteiger partial charge is 0.497 e. The molecule has 1 aliphatic heterocycles. The molecular formula is C21H23ClN2O3S. The van der Waals surface area contributed by atoms with Crippen molar-refractivity contribution in [3.63, 3.8) is 0 Å². The normalized spacial score (nSPS) is 14.1. The summed E-state index contributed by atoms with van der Waals surface area (Å²) < 4.78 is 5.12. The van der Waals surface area contributed by atoms with Gasteiger partial charge in [0.25, 0.3) is 5.91 Å². The van der Waals surface area contributed by atoms with Gasteiger partial charge in [0.1, 0.15) is 5.75 Å². The summed E-state index contributed by atoms with van der Waals surface area (Å²) >= 11 is 7.53. The number of halogens is 1. The van der Waals surface area contributed by atoms with Gasteiger partial charge < -0.3 is 14.5 Å². The number of nitrogens with zero attached hydrogens (tertiary/aromatic N) is 2. The van der Waals surface area contributed by atoms with Gasteiger partial charge in [0, 0.05) is 53.8 Å². The van der Waals surface area contributed by atoms with Crippen molar-refractivity contribution in [2.75, 3.05) is 39.0 Å². The van der Waals surface area contributed by atoms with Gasteiger partial charge in [0.15, 0.2) is 0 Å². The van der Waals surface area contributed by atoms with Crippen molar-refractivity contribution in [3.05, 3.63) is 59.1 Å². The highest BCUT2D eigenvalue weighted by atomic mass is 35.5. The summed E-state index contributed by atoms with van der Waals surface area (Å²) in [6.45, 7) is 2.26. The quantitative estimate of drug-likeness (QED) is 0.669. The van der Waals surface area contributed by atoms with Gasteiger partial charge in [-0.05, 0) is 48.5 Å². The molecule has 28 heavy (non-hydrogen) atoms. The monoisotopic (exact) mass is 418 g/mol. The second-order valence-corrected chi connectivity index (χ2v) is 8.06. The first-order valence-electron chi connectivity index (χ1n) is 9.16. The maximum absolute atomic E-state index is 12.6. The summed E-state index contributed by atoms with van der Waals surface area (Å²) in [6.07, 6.45) is 0.486. The summed E-state index contributed by atoms with van der Waals surface area (Å²) in [4.78, 5) is 29.8. The molecule has 5 nitrogen and oxygen atoms in total. The zero-order valence-electron chi connectivity index (χ0n) is 15.8. The number of hydrogen-bond acceptors (Lipinski definition) is 4. The smallest absolute Gasteiger partial charge is 0.253 e. The Hall–Kier alpha value is -2.18. The van der Waals surface area contributed by atoms with Crippen LogP contribution in [0.25, 0.3) is 0 Å². The fourth-order valence-corrected chi connectivity index (χ4v) is 3.99. The number of hydrogen-bond donors (Lipinski definition) is 0. The number of rotatable bonds is 6. The van der Waals surface area contributed by atoms with Gasteiger partial charge >= 0.3 is 0 Å². The minimum atomic E-state index is -0.00644. The van der Waals surface area contributed by atoms with Crippen molar-refractivity contribution in [1.82, 2.24) is 9.80 Å². The number of ether oxygens (including phenoxy) is 1. The maximum atomic E-state index is 12.6. The van der Waals surface area contributed by atoms with E-state index >= 15 is 0 Å². The topological polar surface area (TPSA) is 49.9 Å². The highest BCUT2D eigenvalue weighted by molar-refractivity contribution is 7.99. The summed E-state index contributed by atoms with van der Waals surface area (Å²) in [6, 6.07) is 14.7. The van der Waals surface area contributed by atoms with Crippen molar-refractivity contribution in [3.8, 4) is 5.75 Å². The van der Waals surface area contributed by atoms with Gasteiger partial charge in [-0.2, -0.15) is 0 Å². The molecule has 7 heteroatoms. The first-order valence-corrected chi connectivity index (χ1v) is 10.5. The van der Waals surface area contributed by atoms with Crippen LogP contribution in [0.3, 0.4) is 0 Å². The van der Waals surface area contributed by atoms with Crippen molar-refractivity contribution in [2.45, 2.75) is 11.3 Å². The average Bonchev–Trinajstić information content (AvgIpc) is 2.74. The van der Waals surface area contributed by atoms with Gasteiger partial charge in [-0.1, -0.05) is 11.6 Å². The Balaban J connectivity index is 1.43. The van der Waals surface area contributed by atoms with E-state index in [0.29, 0.717) is 43.2 Å². The lowest BCUT2D eigenvalue weighted by Crippen LogP contribution is -2.50. The molecule has 1 heterocycles. The summed E-state index contributed by atoms with van der Waals surface area (Å²) in [5.41, 5.74) is 0.639. The fourth-order valence-electron chi connectivity index (χ4n) is 3.02. The van der Waals surface area contributed by atoms with Crippen LogP contribution in [0.15, 0.2) is 53.4 Å². The van der Waals surface area contributed by atoms with Gasteiger partial charge in [0.05, 0.1) is 7.11 Å². The van der Waals surface area contributed by atoms with Crippen LogP contribution in [0, 0.1) is 0 Å². The Kier molecular flexibility index (Phi) is 7.23. The summed E-state index contributed by atoms with van der Waals surface area (Å²) in [5.74, 6) is 1.58. The lowest BCUT2D eigenvalue weighted by Gasteiger charge is -2.35. The standard InChI is InChI=1S/C21H23ClN2O3S/c1-27-18-6-2-16(3-7-18)21(26)24-13-11-23(12-14-24)20(25)10-15-28-19-8-4-17(22)5-9-19/h2-9H,10-15H2,1H3. The molecule has 2 amide bonds. The minimum absolute atomic E-state index is 0.00644. The van der Waals surface area contributed by atoms with E-state index < -0.39 is 0 Å². The summed E-state index contributed by atoms with van der Waals surface area (Å²) in [5, 5.41) is 0.711. The molecule has 0 unspecified atom stereocenters. The molecule has 0 bridgehead atoms. The number of carbonyl (C=O) groups excluding carboxylic acids is 2. The molecule has 0 saturated carbocycles. The molecule has 0 spiro atoms. The Morgan fingerprint density at radius 2 is 1.57 bits per heavy atom. The first kappa shape index (κ1) is 20.6. The maximum Gasteiger partial charge on any atom is 0.253 e. The lowest BCUT2D eigenvalue weighted by atomic mass is 10.1. The van der Waals surface area contributed by atoms with E-state index in [1.165, 1.54) is 0 Å². The van der Waals surface area contributed by atoms with E-state index in [1.54, 1.807) is 48.0 Å². The molecule has 1 aliphatic rings. The average molecular weight is 419 g/mol. The van der Waals surface area contributed by atoms with Gasteiger partial charge in [-0.15, -0.1) is 11.8 Å². The summed E-state index contributed by atoms with van der Waals surface area (Å²) in [7, 11) is 1.60. The van der Waals surface area contributed by atoms with E-state index in [2.05, 4.69) is 0 Å². The van der Waals surface area contributed by atoms with E-state index in [-0.39, 0.29) is 11.8 Å². The van der Waals surface area contributed by atoms with Crippen LogP contribution in [0.2, 0.25) is 5.02 Å². The van der Waals surface area contributed by atoms with Gasteiger partial charge in [0.2, 0.25) is 5.91 Å². The second-order valence-electron chi connectivity index (χ2n) is 6.45. The van der Waals surface area contributed by atoms with E-state index in [0.717, 1.165) is 16.4 Å². The SMILES string of the molecule is COc1ccc(C(=O)N2CCN(C(=O)CCSc3ccc(Cl)cc3)CC2)cc1. The highest BCUT2D eigenvalue weighted by Gasteiger charge is 2.24. The molecule has 0 N–H and O–H groups in total. The predicted molar refractivity (Wildman–Crippen MR) is 112 cm³/mol. The zero-order chi connectivity index (χ0) is 19.9. The van der Waals surface area contributed by atoms with Crippen LogP contribution in [-0.4, -0.2) is 60.7 Å². The Morgan fingerprint density at radius 3 is 2.18 bits per heavy atom. The molecule has 3 rings (SSSR count). The Morgan fingerprint density at radius 1 is 0.964 bits per heavy atom. The third-order valence-electron chi connectivity index (χ3n) is 4.65. The highest BCUT2D eigenvalue weighted by Crippen LogP contribution is 2.21. The van der Waals surface area contributed by atoms with Crippen LogP contribution in [-0.2, 0) is 4.79 Å². The predicted octanol–water partition coefficient (Wildman–Crippen LogP) is 3.82. The molecule has 1 fully saturated rings. The van der Waals surface area contributed by atoms with Crippen LogP contribution < -0.4 is 4.74 Å². The van der Waals surface area contributed by atoms with Gasteiger partial charge in [-0.3, -0.25) is 9.59 Å². The zero-order valence-corrected chi connectivity index (χ0v) is 17.3. The lowest BCUT2D eigenvalue weighted by molar-refractivity contribution is -0.132. The number of benzene rings is 2. The molecule has 0 aromatic heterocycles. The molecule has 0 atom stereocenters. The third kappa shape index (κ3) is 5.42. The number of amides is 2. The Bertz CT molecular complexity index is 803. The first-order chi connectivity index (χ1) is 13.6. The van der Waals surface area contributed by atoms with Crippen LogP contribution >= 0.6 is 23.4 Å². The third-order valence-corrected chi connectivity index (χ3v) is 5.92. The second kappa shape index (κ2) is 9.85. The van der Waals surface area contributed by atoms with Crippen molar-refractivity contribution < 1.29 is 14.3 Å². The van der Waals surface area contributed by atoms with Crippen LogP contribution in [0.1, 0.15) is 16.8 Å². The number of methoxy groups -OCH3 is 1. The number of carbonyl (C=O) groups is 2. The van der Waals surface area contributed by atoms with Crippen molar-refractivity contribution >= 4 is 35.2 Å². The van der Waals surface area contributed by atoms with Gasteiger partial charge in [-0.25, -0.2) is 0 Å². The number of thioether (sulfide) groups is 1. The molecule has 2 aromatic rings. The van der Waals surface area contributed by atoms with Crippen LogP contribution in [0.4, 0.5) is 0 Å². The molecule has 0 aliphatic carbocycles. The minimum Gasteiger partial charge on any atom is -0.497 e. The van der Waals surface area contributed by atoms with E-state index in [4.69, 9.17) is 16.3 Å². The van der Waals surface area contributed by atoms with Crippen LogP contribution in [0.5, 0.6) is 5.75 Å². The van der Waals surface area contributed by atoms with E-state index in [9.17, 15) is 9.59 Å². The molecular weight excluding hydrogens is 396 g/mol. The Labute approximate surface area is 174 Å². The molecule has 148 valence electrons. The molecule has 0 radical (unpaired) electrons. The van der Waals surface area contributed by atoms with Crippen molar-refractivity contribution in [2.24, 2.45) is 0 Å².